The van der Waals surface area contributed by atoms with E-state index >= 15 is 0 Å². The van der Waals surface area contributed by atoms with Crippen LogP contribution in [0.25, 0.3) is 5.78 Å². The van der Waals surface area contributed by atoms with Gasteiger partial charge >= 0.3 is 0 Å². The molecule has 0 unspecified atom stereocenters. The van der Waals surface area contributed by atoms with Crippen LogP contribution in [-0.4, -0.2) is 31.2 Å². The minimum absolute atomic E-state index is 0.000200. The number of hydrogen-bond acceptors (Lipinski definition) is 6. The van der Waals surface area contributed by atoms with Gasteiger partial charge in [0.1, 0.15) is 24.4 Å². The molecule has 1 atom stereocenters. The monoisotopic (exact) mass is 495 g/mol. The van der Waals surface area contributed by atoms with Gasteiger partial charge in [-0.3, -0.25) is 14.3 Å². The van der Waals surface area contributed by atoms with Crippen LogP contribution < -0.4 is 20.3 Å². The number of rotatable bonds is 8. The lowest BCUT2D eigenvalue weighted by Gasteiger charge is -2.17. The molecule has 0 fully saturated rings. The second-order valence-corrected chi connectivity index (χ2v) is 8.84. The van der Waals surface area contributed by atoms with E-state index in [1.807, 2.05) is 45.0 Å². The summed E-state index contributed by atoms with van der Waals surface area (Å²) in [6, 6.07) is 13.8. The maximum atomic E-state index is 12.8. The smallest absolute Gasteiger partial charge is 0.274 e. The van der Waals surface area contributed by atoms with E-state index in [1.165, 1.54) is 10.6 Å². The van der Waals surface area contributed by atoms with E-state index < -0.39 is 6.10 Å². The molecule has 0 saturated heterocycles. The Labute approximate surface area is 207 Å². The Balaban J connectivity index is 1.48. The number of carbonyl (C=O) groups excluding carboxylic acids is 1. The first-order chi connectivity index (χ1) is 16.7. The van der Waals surface area contributed by atoms with Crippen LogP contribution >= 0.6 is 11.6 Å². The van der Waals surface area contributed by atoms with Gasteiger partial charge in [0.25, 0.3) is 17.2 Å². The number of aromatic nitrogens is 4. The second kappa shape index (κ2) is 10.2. The molecule has 0 aliphatic carbocycles. The third kappa shape index (κ3) is 5.63. The van der Waals surface area contributed by atoms with Crippen molar-refractivity contribution in [3.8, 4) is 11.5 Å². The second-order valence-electron chi connectivity index (χ2n) is 8.41. The SMILES string of the molecule is Cc1ccc(O[C@@H](C)C(=O)Nc2cc(Cl)ccc2OCc2cc(=O)n3c(ncn3C(C)C)n2)cc1. The van der Waals surface area contributed by atoms with E-state index in [2.05, 4.69) is 15.3 Å². The Morgan fingerprint density at radius 3 is 2.57 bits per heavy atom. The first kappa shape index (κ1) is 24.3. The Kier molecular flexibility index (Phi) is 7.07. The van der Waals surface area contributed by atoms with Crippen LogP contribution in [0.4, 0.5) is 5.69 Å². The maximum Gasteiger partial charge on any atom is 0.274 e. The molecule has 10 heteroatoms. The first-order valence-electron chi connectivity index (χ1n) is 11.1. The number of carbonyl (C=O) groups is 1. The normalized spacial score (nSPS) is 12.1. The number of fused-ring (bicyclic) bond motifs is 1. The Morgan fingerprint density at radius 2 is 1.86 bits per heavy atom. The van der Waals surface area contributed by atoms with Crippen LogP contribution in [-0.2, 0) is 11.4 Å². The van der Waals surface area contributed by atoms with E-state index in [0.717, 1.165) is 5.56 Å². The molecule has 0 bridgehead atoms. The number of benzene rings is 2. The van der Waals surface area contributed by atoms with Crippen molar-refractivity contribution in [2.24, 2.45) is 0 Å². The fourth-order valence-corrected chi connectivity index (χ4v) is 3.57. The average molecular weight is 496 g/mol. The van der Waals surface area contributed by atoms with Gasteiger partial charge in [0.15, 0.2) is 6.10 Å². The van der Waals surface area contributed by atoms with Crippen LogP contribution in [0, 0.1) is 6.92 Å². The number of ether oxygens (including phenoxy) is 2. The molecule has 2 aromatic carbocycles. The molecular formula is C25H26ClN5O4. The largest absolute Gasteiger partial charge is 0.485 e. The van der Waals surface area contributed by atoms with Crippen LogP contribution in [0.15, 0.2) is 59.7 Å². The highest BCUT2D eigenvalue weighted by Gasteiger charge is 2.18. The molecular weight excluding hydrogens is 470 g/mol. The van der Waals surface area contributed by atoms with Crippen molar-refractivity contribution in [2.45, 2.75) is 46.4 Å². The molecule has 4 aromatic rings. The zero-order chi connectivity index (χ0) is 25.1. The summed E-state index contributed by atoms with van der Waals surface area (Å²) >= 11 is 6.15. The standard InChI is InChI=1S/C25H26ClN5O4/c1-15(2)30-14-27-25-28-19(12-23(32)31(25)30)13-34-22-10-7-18(26)11-21(22)29-24(33)17(4)35-20-8-5-16(3)6-9-20/h5-12,14-15,17H,13H2,1-4H3,(H,29,33)/t17-/m0/s1. The Hall–Kier alpha value is -3.85. The molecule has 0 spiro atoms. The molecule has 2 heterocycles. The minimum atomic E-state index is -0.760. The minimum Gasteiger partial charge on any atom is -0.485 e. The highest BCUT2D eigenvalue weighted by Crippen LogP contribution is 2.29. The highest BCUT2D eigenvalue weighted by atomic mass is 35.5. The predicted octanol–water partition coefficient (Wildman–Crippen LogP) is 4.42. The van der Waals surface area contributed by atoms with Gasteiger partial charge in [-0.05, 0) is 58.0 Å². The maximum absolute atomic E-state index is 12.8. The number of nitrogens with one attached hydrogen (secondary N) is 1. The molecule has 0 aliphatic heterocycles. The number of aryl methyl sites for hydroxylation is 1. The number of halogens is 1. The lowest BCUT2D eigenvalue weighted by atomic mass is 10.2. The predicted molar refractivity (Wildman–Crippen MR) is 133 cm³/mol. The summed E-state index contributed by atoms with van der Waals surface area (Å²) in [4.78, 5) is 34.0. The molecule has 1 amide bonds. The number of amides is 1. The number of nitrogens with zero attached hydrogens (tertiary/aromatic N) is 4. The molecule has 1 N–H and O–H groups in total. The fourth-order valence-electron chi connectivity index (χ4n) is 3.40. The fraction of sp³-hybridized carbons (Fsp3) is 0.280. The first-order valence-corrected chi connectivity index (χ1v) is 11.5. The Morgan fingerprint density at radius 1 is 1.11 bits per heavy atom. The van der Waals surface area contributed by atoms with E-state index in [0.29, 0.717) is 27.9 Å². The van der Waals surface area contributed by atoms with E-state index in [-0.39, 0.29) is 29.9 Å². The summed E-state index contributed by atoms with van der Waals surface area (Å²) in [5.41, 5.74) is 1.63. The lowest BCUT2D eigenvalue weighted by molar-refractivity contribution is -0.122. The molecule has 0 radical (unpaired) electrons. The van der Waals surface area contributed by atoms with Crippen molar-refractivity contribution in [1.29, 1.82) is 0 Å². The van der Waals surface area contributed by atoms with Gasteiger partial charge in [-0.2, -0.15) is 9.50 Å². The van der Waals surface area contributed by atoms with Crippen LogP contribution in [0.5, 0.6) is 11.5 Å². The van der Waals surface area contributed by atoms with Crippen LogP contribution in [0.2, 0.25) is 5.02 Å². The van der Waals surface area contributed by atoms with Gasteiger partial charge in [-0.1, -0.05) is 29.3 Å². The van der Waals surface area contributed by atoms with Gasteiger partial charge in [-0.15, -0.1) is 0 Å². The summed E-state index contributed by atoms with van der Waals surface area (Å²) in [6.45, 7) is 7.54. The van der Waals surface area contributed by atoms with E-state index in [1.54, 1.807) is 36.1 Å². The third-order valence-corrected chi connectivity index (χ3v) is 5.50. The molecule has 2 aromatic heterocycles. The molecule has 4 rings (SSSR count). The topological polar surface area (TPSA) is 99.7 Å². The Bertz CT molecular complexity index is 1410. The molecule has 0 saturated carbocycles. The highest BCUT2D eigenvalue weighted by molar-refractivity contribution is 6.31. The van der Waals surface area contributed by atoms with Gasteiger partial charge in [0, 0.05) is 17.1 Å². The molecule has 35 heavy (non-hydrogen) atoms. The van der Waals surface area contributed by atoms with Gasteiger partial charge in [0.05, 0.1) is 11.4 Å². The van der Waals surface area contributed by atoms with Gasteiger partial charge in [-0.25, -0.2) is 4.98 Å². The molecule has 9 nitrogen and oxygen atoms in total. The van der Waals surface area contributed by atoms with Crippen LogP contribution in [0.1, 0.15) is 38.1 Å². The van der Waals surface area contributed by atoms with Crippen molar-refractivity contribution in [1.82, 2.24) is 19.2 Å². The summed E-state index contributed by atoms with van der Waals surface area (Å²) < 4.78 is 14.7. The van der Waals surface area contributed by atoms with E-state index in [9.17, 15) is 9.59 Å². The lowest BCUT2D eigenvalue weighted by Crippen LogP contribution is -2.30. The van der Waals surface area contributed by atoms with Crippen molar-refractivity contribution in [2.75, 3.05) is 5.32 Å². The zero-order valence-corrected chi connectivity index (χ0v) is 20.6. The average Bonchev–Trinajstić information content (AvgIpc) is 3.25. The summed E-state index contributed by atoms with van der Waals surface area (Å²) in [7, 11) is 0. The van der Waals surface area contributed by atoms with Gasteiger partial charge < -0.3 is 14.8 Å². The van der Waals surface area contributed by atoms with Crippen molar-refractivity contribution in [3.05, 3.63) is 81.5 Å². The summed E-state index contributed by atoms with van der Waals surface area (Å²) in [5.74, 6) is 0.889. The zero-order valence-electron chi connectivity index (χ0n) is 19.9. The van der Waals surface area contributed by atoms with Gasteiger partial charge in [0.2, 0.25) is 0 Å². The summed E-state index contributed by atoms with van der Waals surface area (Å²) in [5, 5.41) is 3.23. The number of anilines is 1. The number of hydrogen-bond donors (Lipinski definition) is 1. The quantitative estimate of drug-likeness (QED) is 0.388. The van der Waals surface area contributed by atoms with Crippen molar-refractivity contribution >= 4 is 29.0 Å². The van der Waals surface area contributed by atoms with Crippen LogP contribution in [0.3, 0.4) is 0 Å². The van der Waals surface area contributed by atoms with Crippen molar-refractivity contribution < 1.29 is 14.3 Å². The molecule has 182 valence electrons. The summed E-state index contributed by atoms with van der Waals surface area (Å²) in [6.07, 6.45) is 0.816. The van der Waals surface area contributed by atoms with E-state index in [4.69, 9.17) is 21.1 Å². The molecule has 0 aliphatic rings. The third-order valence-electron chi connectivity index (χ3n) is 5.26. The van der Waals surface area contributed by atoms with Crippen molar-refractivity contribution in [3.63, 3.8) is 0 Å².